The molecule has 1 aromatic heterocycles. The van der Waals surface area contributed by atoms with Crippen LogP contribution >= 0.6 is 12.4 Å². The second-order valence-electron chi connectivity index (χ2n) is 4.82. The van der Waals surface area contributed by atoms with Crippen LogP contribution in [0.5, 0.6) is 0 Å². The Bertz CT molecular complexity index is 389. The molecule has 0 aromatic carbocycles. The van der Waals surface area contributed by atoms with E-state index in [0.29, 0.717) is 5.92 Å². The van der Waals surface area contributed by atoms with Crippen LogP contribution in [0, 0.1) is 5.92 Å². The van der Waals surface area contributed by atoms with Gasteiger partial charge in [0.15, 0.2) is 0 Å². The van der Waals surface area contributed by atoms with Crippen LogP contribution in [0.15, 0.2) is 18.3 Å². The zero-order valence-electron chi connectivity index (χ0n) is 11.1. The number of halogens is 1. The molecule has 2 rings (SSSR count). The summed E-state index contributed by atoms with van der Waals surface area (Å²) in [6.45, 7) is 2.77. The van der Waals surface area contributed by atoms with Crippen LogP contribution in [0.2, 0.25) is 0 Å². The number of amides is 1. The molecule has 1 amide bonds. The van der Waals surface area contributed by atoms with E-state index in [2.05, 4.69) is 5.32 Å². The number of aryl methyl sites for hydroxylation is 1. The highest BCUT2D eigenvalue weighted by molar-refractivity contribution is 5.92. The minimum Gasteiger partial charge on any atom is -0.347 e. The van der Waals surface area contributed by atoms with Crippen molar-refractivity contribution in [1.29, 1.82) is 0 Å². The number of likely N-dealkylation sites (tertiary alicyclic amines) is 1. The van der Waals surface area contributed by atoms with Crippen molar-refractivity contribution >= 4 is 18.3 Å². The Morgan fingerprint density at radius 2 is 2.33 bits per heavy atom. The van der Waals surface area contributed by atoms with Crippen LogP contribution in [0.3, 0.4) is 0 Å². The molecule has 1 atom stereocenters. The van der Waals surface area contributed by atoms with Gasteiger partial charge in [0.2, 0.25) is 0 Å². The summed E-state index contributed by atoms with van der Waals surface area (Å²) in [5.74, 6) is 0.760. The molecule has 1 N–H and O–H groups in total. The van der Waals surface area contributed by atoms with Gasteiger partial charge in [0.1, 0.15) is 5.69 Å². The van der Waals surface area contributed by atoms with E-state index in [4.69, 9.17) is 0 Å². The van der Waals surface area contributed by atoms with E-state index in [9.17, 15) is 4.79 Å². The molecule has 1 saturated heterocycles. The lowest BCUT2D eigenvalue weighted by atomic mass is 9.98. The third-order valence-corrected chi connectivity index (χ3v) is 3.46. The minimum atomic E-state index is 0. The van der Waals surface area contributed by atoms with Gasteiger partial charge >= 0.3 is 0 Å². The number of nitrogens with zero attached hydrogens (tertiary/aromatic N) is 2. The highest BCUT2D eigenvalue weighted by atomic mass is 35.5. The largest absolute Gasteiger partial charge is 0.347 e. The molecule has 4 nitrogen and oxygen atoms in total. The van der Waals surface area contributed by atoms with Crippen molar-refractivity contribution in [1.82, 2.24) is 14.8 Å². The zero-order valence-corrected chi connectivity index (χ0v) is 11.9. The average Bonchev–Trinajstić information content (AvgIpc) is 2.75. The molecule has 0 bridgehead atoms. The first kappa shape index (κ1) is 15.1. The number of aromatic nitrogens is 1. The van der Waals surface area contributed by atoms with Crippen molar-refractivity contribution in [3.8, 4) is 0 Å². The van der Waals surface area contributed by atoms with Gasteiger partial charge in [0.25, 0.3) is 5.91 Å². The maximum Gasteiger partial charge on any atom is 0.270 e. The monoisotopic (exact) mass is 271 g/mol. The predicted molar refractivity (Wildman–Crippen MR) is 75.2 cm³/mol. The van der Waals surface area contributed by atoms with E-state index in [1.54, 1.807) is 0 Å². The van der Waals surface area contributed by atoms with Gasteiger partial charge in [-0.25, -0.2) is 0 Å². The lowest BCUT2D eigenvalue weighted by molar-refractivity contribution is 0.0664. The maximum absolute atomic E-state index is 12.3. The Kier molecular flexibility index (Phi) is 5.69. The molecule has 0 aliphatic carbocycles. The fraction of sp³-hybridized carbons (Fsp3) is 0.615. The van der Waals surface area contributed by atoms with Crippen LogP contribution < -0.4 is 5.32 Å². The normalized spacial score (nSPS) is 19.4. The van der Waals surface area contributed by atoms with Crippen LogP contribution in [0.1, 0.15) is 23.3 Å². The van der Waals surface area contributed by atoms with E-state index in [1.807, 2.05) is 41.9 Å². The number of hydrogen-bond acceptors (Lipinski definition) is 2. The summed E-state index contributed by atoms with van der Waals surface area (Å²) in [7, 11) is 3.89. The summed E-state index contributed by atoms with van der Waals surface area (Å²) in [6.07, 6.45) is 4.25. The van der Waals surface area contributed by atoms with Crippen LogP contribution in [-0.2, 0) is 7.05 Å². The van der Waals surface area contributed by atoms with Crippen molar-refractivity contribution in [2.75, 3.05) is 26.7 Å². The van der Waals surface area contributed by atoms with Gasteiger partial charge in [0, 0.05) is 26.3 Å². The van der Waals surface area contributed by atoms with Crippen molar-refractivity contribution in [3.05, 3.63) is 24.0 Å². The second kappa shape index (κ2) is 6.81. The second-order valence-corrected chi connectivity index (χ2v) is 4.82. The summed E-state index contributed by atoms with van der Waals surface area (Å²) in [4.78, 5) is 14.3. The molecule has 1 aliphatic heterocycles. The van der Waals surface area contributed by atoms with E-state index in [-0.39, 0.29) is 18.3 Å². The molecule has 1 fully saturated rings. The number of hydrogen-bond donors (Lipinski definition) is 1. The molecule has 0 spiro atoms. The summed E-state index contributed by atoms with van der Waals surface area (Å²) in [5, 5.41) is 3.20. The molecule has 1 unspecified atom stereocenters. The van der Waals surface area contributed by atoms with E-state index in [1.165, 1.54) is 6.42 Å². The van der Waals surface area contributed by atoms with Crippen molar-refractivity contribution in [3.63, 3.8) is 0 Å². The van der Waals surface area contributed by atoms with Crippen LogP contribution in [0.4, 0.5) is 0 Å². The van der Waals surface area contributed by atoms with E-state index < -0.39 is 0 Å². The van der Waals surface area contributed by atoms with Gasteiger partial charge in [-0.1, -0.05) is 0 Å². The number of piperidine rings is 1. The predicted octanol–water partition coefficient (Wildman–Crippen LogP) is 1.52. The fourth-order valence-corrected chi connectivity index (χ4v) is 2.55. The Labute approximate surface area is 115 Å². The Morgan fingerprint density at radius 1 is 1.56 bits per heavy atom. The topological polar surface area (TPSA) is 37.3 Å². The molecular formula is C13H22ClN3O. The SMILES string of the molecule is CNCC1CCCN(C(=O)c2cccn2C)C1.Cl. The molecule has 1 aliphatic rings. The van der Waals surface area contributed by atoms with Gasteiger partial charge in [-0.3, -0.25) is 4.79 Å². The number of carbonyl (C=O) groups excluding carboxylic acids is 1. The zero-order chi connectivity index (χ0) is 12.3. The Morgan fingerprint density at radius 3 is 2.94 bits per heavy atom. The van der Waals surface area contributed by atoms with Crippen LogP contribution in [0.25, 0.3) is 0 Å². The highest BCUT2D eigenvalue weighted by Gasteiger charge is 2.24. The van der Waals surface area contributed by atoms with Gasteiger partial charge < -0.3 is 14.8 Å². The summed E-state index contributed by atoms with van der Waals surface area (Å²) in [5.41, 5.74) is 0.787. The summed E-state index contributed by atoms with van der Waals surface area (Å²) >= 11 is 0. The highest BCUT2D eigenvalue weighted by Crippen LogP contribution is 2.18. The van der Waals surface area contributed by atoms with E-state index >= 15 is 0 Å². The van der Waals surface area contributed by atoms with Gasteiger partial charge in [-0.05, 0) is 44.5 Å². The lowest BCUT2D eigenvalue weighted by Crippen LogP contribution is -2.43. The third-order valence-electron chi connectivity index (χ3n) is 3.46. The molecular weight excluding hydrogens is 250 g/mol. The molecule has 18 heavy (non-hydrogen) atoms. The van der Waals surface area contributed by atoms with E-state index in [0.717, 1.165) is 31.7 Å². The lowest BCUT2D eigenvalue weighted by Gasteiger charge is -2.32. The Balaban J connectivity index is 0.00000162. The quantitative estimate of drug-likeness (QED) is 0.905. The smallest absolute Gasteiger partial charge is 0.270 e. The molecule has 2 heterocycles. The number of nitrogens with one attached hydrogen (secondary N) is 1. The molecule has 1 aromatic rings. The molecule has 102 valence electrons. The number of rotatable bonds is 3. The first-order valence-electron chi connectivity index (χ1n) is 6.27. The summed E-state index contributed by atoms with van der Waals surface area (Å²) in [6, 6.07) is 3.81. The fourth-order valence-electron chi connectivity index (χ4n) is 2.55. The summed E-state index contributed by atoms with van der Waals surface area (Å²) < 4.78 is 1.89. The first-order chi connectivity index (χ1) is 8.22. The third kappa shape index (κ3) is 3.27. The average molecular weight is 272 g/mol. The maximum atomic E-state index is 12.3. The Hall–Kier alpha value is -1.00. The van der Waals surface area contributed by atoms with Crippen molar-refractivity contribution in [2.45, 2.75) is 12.8 Å². The van der Waals surface area contributed by atoms with Crippen molar-refractivity contribution < 1.29 is 4.79 Å². The van der Waals surface area contributed by atoms with Gasteiger partial charge in [-0.15, -0.1) is 12.4 Å². The van der Waals surface area contributed by atoms with Gasteiger partial charge in [-0.2, -0.15) is 0 Å². The molecule has 0 radical (unpaired) electrons. The molecule has 5 heteroatoms. The first-order valence-corrected chi connectivity index (χ1v) is 6.27. The number of carbonyl (C=O) groups is 1. The minimum absolute atomic E-state index is 0. The van der Waals surface area contributed by atoms with Crippen molar-refractivity contribution in [2.24, 2.45) is 13.0 Å². The van der Waals surface area contributed by atoms with Gasteiger partial charge in [0.05, 0.1) is 0 Å². The van der Waals surface area contributed by atoms with Crippen LogP contribution in [-0.4, -0.2) is 42.1 Å². The standard InChI is InChI=1S/C13H21N3O.ClH/c1-14-9-11-5-3-8-16(10-11)13(17)12-6-4-7-15(12)2;/h4,6-7,11,14H,3,5,8-10H2,1-2H3;1H. The molecule has 0 saturated carbocycles.